The predicted octanol–water partition coefficient (Wildman–Crippen LogP) is 4.50. The quantitative estimate of drug-likeness (QED) is 0.651. The second kappa shape index (κ2) is 9.50. The number of nitrogens with zero attached hydrogens (tertiary/aromatic N) is 1. The number of methoxy groups -OCH3 is 3. The van der Waals surface area contributed by atoms with Crippen molar-refractivity contribution in [1.29, 1.82) is 0 Å². The third-order valence-corrected chi connectivity index (χ3v) is 5.82. The molecule has 1 aliphatic rings. The Labute approximate surface area is 179 Å². The number of piperidine rings is 1. The van der Waals surface area contributed by atoms with E-state index in [2.05, 4.69) is 20.8 Å². The van der Waals surface area contributed by atoms with Crippen LogP contribution in [0.5, 0.6) is 17.2 Å². The number of hydrogen-bond donors (Lipinski definition) is 1. The molecule has 0 bridgehead atoms. The summed E-state index contributed by atoms with van der Waals surface area (Å²) in [5.74, 6) is 0.814. The molecule has 2 unspecified atom stereocenters. The summed E-state index contributed by atoms with van der Waals surface area (Å²) in [5.41, 5.74) is 1.90. The Hall–Kier alpha value is -2.25. The topological polar surface area (TPSA) is 68.2 Å². The molecule has 6 nitrogen and oxygen atoms in total. The Balaban J connectivity index is 2.19. The highest BCUT2D eigenvalue weighted by atomic mass is 79.9. The zero-order valence-electron chi connectivity index (χ0n) is 16.9. The van der Waals surface area contributed by atoms with Gasteiger partial charge in [-0.1, -0.05) is 34.5 Å². The minimum absolute atomic E-state index is 0.261. The summed E-state index contributed by atoms with van der Waals surface area (Å²) in [4.78, 5) is 14.1. The lowest BCUT2D eigenvalue weighted by molar-refractivity contribution is -0.145. The number of halogens is 1. The van der Waals surface area contributed by atoms with E-state index < -0.39 is 12.0 Å². The number of rotatable bonds is 7. The molecule has 29 heavy (non-hydrogen) atoms. The molecule has 0 aliphatic carbocycles. The van der Waals surface area contributed by atoms with Gasteiger partial charge in [-0.2, -0.15) is 0 Å². The van der Waals surface area contributed by atoms with Crippen LogP contribution in [0.3, 0.4) is 0 Å². The lowest BCUT2D eigenvalue weighted by atomic mass is 9.91. The molecule has 0 amide bonds. The van der Waals surface area contributed by atoms with Crippen LogP contribution in [0.25, 0.3) is 0 Å². The van der Waals surface area contributed by atoms with Gasteiger partial charge in [-0.15, -0.1) is 0 Å². The summed E-state index contributed by atoms with van der Waals surface area (Å²) in [7, 11) is 4.73. The Kier molecular flexibility index (Phi) is 7.03. The van der Waals surface area contributed by atoms with E-state index in [9.17, 15) is 9.90 Å². The van der Waals surface area contributed by atoms with Gasteiger partial charge in [-0.05, 0) is 54.8 Å². The molecule has 2 aromatic carbocycles. The monoisotopic (exact) mass is 463 g/mol. The van der Waals surface area contributed by atoms with Gasteiger partial charge < -0.3 is 19.3 Å². The standard InChI is InChI=1S/C22H26BrNO5/c1-27-18-12-15(13-19(28-2)21(18)29-3)20(14-7-6-8-16(23)11-14)24-10-5-4-9-17(24)22(25)26/h6-8,11-13,17,20H,4-5,9-10H2,1-3H3,(H,25,26). The Morgan fingerprint density at radius 2 is 1.76 bits per heavy atom. The van der Waals surface area contributed by atoms with Crippen LogP contribution in [0.1, 0.15) is 36.4 Å². The van der Waals surface area contributed by atoms with Crippen molar-refractivity contribution in [3.8, 4) is 17.2 Å². The number of carboxylic acid groups (broad SMARTS) is 1. The lowest BCUT2D eigenvalue weighted by Gasteiger charge is -2.40. The molecular weight excluding hydrogens is 438 g/mol. The van der Waals surface area contributed by atoms with Crippen LogP contribution in [0.2, 0.25) is 0 Å². The second-order valence-electron chi connectivity index (χ2n) is 7.00. The van der Waals surface area contributed by atoms with Gasteiger partial charge >= 0.3 is 5.97 Å². The van der Waals surface area contributed by atoms with E-state index in [1.54, 1.807) is 21.3 Å². The average Bonchev–Trinajstić information content (AvgIpc) is 2.73. The van der Waals surface area contributed by atoms with Crippen LogP contribution in [-0.4, -0.2) is 49.9 Å². The van der Waals surface area contributed by atoms with Crippen molar-refractivity contribution in [2.24, 2.45) is 0 Å². The van der Waals surface area contributed by atoms with Gasteiger partial charge in [0.1, 0.15) is 6.04 Å². The molecule has 3 rings (SSSR count). The van der Waals surface area contributed by atoms with Crippen LogP contribution in [0.15, 0.2) is 40.9 Å². The summed E-state index contributed by atoms with van der Waals surface area (Å²) in [6.45, 7) is 0.699. The van der Waals surface area contributed by atoms with Crippen LogP contribution in [-0.2, 0) is 4.79 Å². The van der Waals surface area contributed by atoms with E-state index in [1.807, 2.05) is 36.4 Å². The van der Waals surface area contributed by atoms with Crippen LogP contribution in [0.4, 0.5) is 0 Å². The molecule has 2 aromatic rings. The summed E-state index contributed by atoms with van der Waals surface area (Å²) in [6, 6.07) is 11.0. The average molecular weight is 464 g/mol. The Morgan fingerprint density at radius 3 is 2.31 bits per heavy atom. The Bertz CT molecular complexity index is 847. The smallest absolute Gasteiger partial charge is 0.320 e. The highest BCUT2D eigenvalue weighted by Gasteiger charge is 2.36. The molecular formula is C22H26BrNO5. The van der Waals surface area contributed by atoms with Crippen LogP contribution < -0.4 is 14.2 Å². The number of ether oxygens (including phenoxy) is 3. The molecule has 1 saturated heterocycles. The summed E-state index contributed by atoms with van der Waals surface area (Å²) < 4.78 is 17.5. The largest absolute Gasteiger partial charge is 0.493 e. The zero-order valence-corrected chi connectivity index (χ0v) is 18.4. The number of carboxylic acids is 1. The molecule has 1 N–H and O–H groups in total. The molecule has 0 radical (unpaired) electrons. The fourth-order valence-electron chi connectivity index (χ4n) is 4.04. The fourth-order valence-corrected chi connectivity index (χ4v) is 4.46. The SMILES string of the molecule is COc1cc(C(c2cccc(Br)c2)N2CCCCC2C(=O)O)cc(OC)c1OC. The molecule has 7 heteroatoms. The van der Waals surface area contributed by atoms with Crippen LogP contribution >= 0.6 is 15.9 Å². The molecule has 0 spiro atoms. The van der Waals surface area contributed by atoms with Gasteiger partial charge in [0, 0.05) is 4.47 Å². The zero-order chi connectivity index (χ0) is 21.0. The van der Waals surface area contributed by atoms with Gasteiger partial charge in [0.2, 0.25) is 5.75 Å². The van der Waals surface area contributed by atoms with Gasteiger partial charge in [0.15, 0.2) is 11.5 Å². The molecule has 1 aliphatic heterocycles. The van der Waals surface area contributed by atoms with E-state index >= 15 is 0 Å². The molecule has 2 atom stereocenters. The third-order valence-electron chi connectivity index (χ3n) is 5.33. The minimum Gasteiger partial charge on any atom is -0.493 e. The first-order valence-corrected chi connectivity index (χ1v) is 10.3. The van der Waals surface area contributed by atoms with Gasteiger partial charge in [-0.25, -0.2) is 0 Å². The Morgan fingerprint density at radius 1 is 1.07 bits per heavy atom. The normalized spacial score (nSPS) is 18.1. The molecule has 0 saturated carbocycles. The van der Waals surface area contributed by atoms with E-state index in [4.69, 9.17) is 14.2 Å². The number of aliphatic carboxylic acids is 1. The van der Waals surface area contributed by atoms with Crippen molar-refractivity contribution < 1.29 is 24.1 Å². The summed E-state index contributed by atoms with van der Waals surface area (Å²) in [6.07, 6.45) is 2.50. The maximum Gasteiger partial charge on any atom is 0.320 e. The molecule has 1 fully saturated rings. The third kappa shape index (κ3) is 4.51. The van der Waals surface area contributed by atoms with Crippen molar-refractivity contribution in [2.75, 3.05) is 27.9 Å². The maximum atomic E-state index is 12.0. The van der Waals surface area contributed by atoms with Crippen molar-refractivity contribution >= 4 is 21.9 Å². The lowest BCUT2D eigenvalue weighted by Crippen LogP contribution is -2.46. The molecule has 156 valence electrons. The highest BCUT2D eigenvalue weighted by molar-refractivity contribution is 9.10. The van der Waals surface area contributed by atoms with Crippen molar-refractivity contribution in [2.45, 2.75) is 31.3 Å². The number of benzene rings is 2. The van der Waals surface area contributed by atoms with Gasteiger partial charge in [0.25, 0.3) is 0 Å². The van der Waals surface area contributed by atoms with E-state index in [0.29, 0.717) is 30.2 Å². The van der Waals surface area contributed by atoms with E-state index in [0.717, 1.165) is 28.4 Å². The minimum atomic E-state index is -0.794. The summed E-state index contributed by atoms with van der Waals surface area (Å²) in [5, 5.41) is 9.87. The molecule has 1 heterocycles. The molecule has 0 aromatic heterocycles. The first-order chi connectivity index (χ1) is 14.0. The van der Waals surface area contributed by atoms with Gasteiger partial charge in [-0.3, -0.25) is 9.69 Å². The fraction of sp³-hybridized carbons (Fsp3) is 0.409. The summed E-state index contributed by atoms with van der Waals surface area (Å²) >= 11 is 3.55. The van der Waals surface area contributed by atoms with Crippen LogP contribution in [0, 0.1) is 0 Å². The van der Waals surface area contributed by atoms with E-state index in [-0.39, 0.29) is 6.04 Å². The van der Waals surface area contributed by atoms with Crippen molar-refractivity contribution in [3.05, 3.63) is 52.0 Å². The van der Waals surface area contributed by atoms with Gasteiger partial charge in [0.05, 0.1) is 27.4 Å². The van der Waals surface area contributed by atoms with Crippen molar-refractivity contribution in [1.82, 2.24) is 4.90 Å². The predicted molar refractivity (Wildman–Crippen MR) is 114 cm³/mol. The highest BCUT2D eigenvalue weighted by Crippen LogP contribution is 2.43. The first kappa shape index (κ1) is 21.5. The van der Waals surface area contributed by atoms with E-state index in [1.165, 1.54) is 0 Å². The maximum absolute atomic E-state index is 12.0. The van der Waals surface area contributed by atoms with Crippen molar-refractivity contribution in [3.63, 3.8) is 0 Å². The number of likely N-dealkylation sites (tertiary alicyclic amines) is 1. The number of hydrogen-bond acceptors (Lipinski definition) is 5. The first-order valence-electron chi connectivity index (χ1n) is 9.54. The number of carbonyl (C=O) groups is 1. The second-order valence-corrected chi connectivity index (χ2v) is 7.92.